The van der Waals surface area contributed by atoms with E-state index in [1.54, 1.807) is 5.38 Å². The minimum atomic E-state index is -0.954. The minimum absolute atomic E-state index is 0.147. The second-order valence-electron chi connectivity index (χ2n) is 3.27. The molecule has 1 aromatic heterocycles. The lowest BCUT2D eigenvalue weighted by atomic mass is 10.3. The van der Waals surface area contributed by atoms with Crippen LogP contribution < -0.4 is 0 Å². The maximum absolute atomic E-state index is 10.7. The number of carbonyl (C=O) groups is 1. The van der Waals surface area contributed by atoms with E-state index >= 15 is 0 Å². The van der Waals surface area contributed by atoms with Crippen LogP contribution in [-0.4, -0.2) is 34.0 Å². The van der Waals surface area contributed by atoms with E-state index in [0.29, 0.717) is 0 Å². The van der Waals surface area contributed by atoms with Crippen molar-refractivity contribution < 1.29 is 9.90 Å². The van der Waals surface area contributed by atoms with Gasteiger partial charge in [0.2, 0.25) is 0 Å². The van der Waals surface area contributed by atoms with E-state index in [-0.39, 0.29) is 11.7 Å². The second-order valence-corrected chi connectivity index (χ2v) is 4.16. The van der Waals surface area contributed by atoms with Gasteiger partial charge in [-0.15, -0.1) is 11.3 Å². The summed E-state index contributed by atoms with van der Waals surface area (Å²) in [4.78, 5) is 17.0. The van der Waals surface area contributed by atoms with Gasteiger partial charge in [-0.25, -0.2) is 9.78 Å². The van der Waals surface area contributed by atoms with Crippen molar-refractivity contribution >= 4 is 17.3 Å². The second kappa shape index (κ2) is 5.23. The zero-order valence-corrected chi connectivity index (χ0v) is 10.0. The van der Waals surface area contributed by atoms with Gasteiger partial charge in [-0.3, -0.25) is 4.90 Å². The van der Waals surface area contributed by atoms with Crippen molar-refractivity contribution in [3.8, 4) is 0 Å². The number of thiazole rings is 1. The molecule has 5 heteroatoms. The molecule has 1 rings (SSSR count). The Hall–Kier alpha value is -0.940. The first-order valence-corrected chi connectivity index (χ1v) is 5.90. The van der Waals surface area contributed by atoms with Gasteiger partial charge in [0.05, 0.1) is 6.04 Å². The molecule has 0 bridgehead atoms. The number of carboxylic acids is 1. The van der Waals surface area contributed by atoms with E-state index in [9.17, 15) is 4.79 Å². The summed E-state index contributed by atoms with van der Waals surface area (Å²) in [7, 11) is 0. The Kier molecular flexibility index (Phi) is 4.23. The number of aromatic nitrogens is 1. The van der Waals surface area contributed by atoms with Gasteiger partial charge < -0.3 is 5.11 Å². The number of hydrogen-bond acceptors (Lipinski definition) is 4. The molecule has 15 heavy (non-hydrogen) atoms. The van der Waals surface area contributed by atoms with Crippen LogP contribution in [0.1, 0.15) is 42.3 Å². The van der Waals surface area contributed by atoms with Crippen LogP contribution in [0.25, 0.3) is 0 Å². The first-order chi connectivity index (χ1) is 7.10. The minimum Gasteiger partial charge on any atom is -0.476 e. The van der Waals surface area contributed by atoms with Crippen LogP contribution >= 0.6 is 11.3 Å². The molecule has 0 saturated heterocycles. The molecule has 0 saturated carbocycles. The molecule has 0 spiro atoms. The van der Waals surface area contributed by atoms with Gasteiger partial charge in [0.15, 0.2) is 5.69 Å². The van der Waals surface area contributed by atoms with E-state index in [4.69, 9.17) is 5.11 Å². The van der Waals surface area contributed by atoms with Crippen LogP contribution in [-0.2, 0) is 0 Å². The van der Waals surface area contributed by atoms with E-state index in [1.807, 2.05) is 0 Å². The fourth-order valence-corrected chi connectivity index (χ4v) is 2.39. The third-order valence-corrected chi connectivity index (χ3v) is 3.47. The molecule has 1 N–H and O–H groups in total. The smallest absolute Gasteiger partial charge is 0.355 e. The van der Waals surface area contributed by atoms with Crippen molar-refractivity contribution in [2.45, 2.75) is 26.8 Å². The average molecular weight is 228 g/mol. The van der Waals surface area contributed by atoms with E-state index in [0.717, 1.165) is 18.1 Å². The van der Waals surface area contributed by atoms with Crippen molar-refractivity contribution in [3.63, 3.8) is 0 Å². The Labute approximate surface area is 93.6 Å². The summed E-state index contributed by atoms with van der Waals surface area (Å²) >= 11 is 1.41. The summed E-state index contributed by atoms with van der Waals surface area (Å²) < 4.78 is 0. The van der Waals surface area contributed by atoms with Crippen LogP contribution in [0.2, 0.25) is 0 Å². The summed E-state index contributed by atoms with van der Waals surface area (Å²) in [5.74, 6) is -0.954. The molecule has 4 nitrogen and oxygen atoms in total. The molecular formula is C10H16N2O2S. The standard InChI is InChI=1S/C10H16N2O2S/c1-4-12(5-2)7(3)9-11-8(6-15-9)10(13)14/h6-7H,4-5H2,1-3H3,(H,13,14). The number of carboxylic acid groups (broad SMARTS) is 1. The van der Waals surface area contributed by atoms with Crippen molar-refractivity contribution in [1.29, 1.82) is 0 Å². The predicted molar refractivity (Wildman–Crippen MR) is 60.4 cm³/mol. The molecule has 1 aromatic rings. The molecule has 1 unspecified atom stereocenters. The molecule has 0 aliphatic carbocycles. The highest BCUT2D eigenvalue weighted by Crippen LogP contribution is 2.23. The zero-order valence-electron chi connectivity index (χ0n) is 9.23. The van der Waals surface area contributed by atoms with Gasteiger partial charge in [0.1, 0.15) is 5.01 Å². The molecule has 0 fully saturated rings. The predicted octanol–water partition coefficient (Wildman–Crippen LogP) is 2.24. The van der Waals surface area contributed by atoms with Gasteiger partial charge >= 0.3 is 5.97 Å². The Balaban J connectivity index is 2.81. The Morgan fingerprint density at radius 3 is 2.60 bits per heavy atom. The molecule has 0 aliphatic heterocycles. The van der Waals surface area contributed by atoms with E-state index < -0.39 is 5.97 Å². The maximum atomic E-state index is 10.7. The normalized spacial score (nSPS) is 13.1. The van der Waals surface area contributed by atoms with Gasteiger partial charge in [-0.05, 0) is 20.0 Å². The Bertz CT molecular complexity index is 334. The molecular weight excluding hydrogens is 212 g/mol. The van der Waals surface area contributed by atoms with E-state index in [2.05, 4.69) is 30.7 Å². The lowest BCUT2D eigenvalue weighted by Gasteiger charge is -2.24. The highest BCUT2D eigenvalue weighted by molar-refractivity contribution is 7.09. The van der Waals surface area contributed by atoms with Crippen molar-refractivity contribution in [2.75, 3.05) is 13.1 Å². The lowest BCUT2D eigenvalue weighted by Crippen LogP contribution is -2.26. The molecule has 84 valence electrons. The van der Waals surface area contributed by atoms with Crippen LogP contribution in [0.3, 0.4) is 0 Å². The lowest BCUT2D eigenvalue weighted by molar-refractivity contribution is 0.0691. The highest BCUT2D eigenvalue weighted by Gasteiger charge is 2.17. The molecule has 1 atom stereocenters. The number of aromatic carboxylic acids is 1. The third-order valence-electron chi connectivity index (χ3n) is 2.46. The summed E-state index contributed by atoms with van der Waals surface area (Å²) in [6.07, 6.45) is 0. The van der Waals surface area contributed by atoms with Gasteiger partial charge in [0, 0.05) is 5.38 Å². The fourth-order valence-electron chi connectivity index (χ4n) is 1.51. The highest BCUT2D eigenvalue weighted by atomic mass is 32.1. The van der Waals surface area contributed by atoms with Crippen molar-refractivity contribution in [1.82, 2.24) is 9.88 Å². The number of rotatable bonds is 5. The largest absolute Gasteiger partial charge is 0.476 e. The van der Waals surface area contributed by atoms with Crippen LogP contribution in [0.5, 0.6) is 0 Å². The molecule has 0 amide bonds. The average Bonchev–Trinajstić information content (AvgIpc) is 2.68. The Morgan fingerprint density at radius 1 is 1.60 bits per heavy atom. The van der Waals surface area contributed by atoms with Gasteiger partial charge in [0.25, 0.3) is 0 Å². The maximum Gasteiger partial charge on any atom is 0.355 e. The van der Waals surface area contributed by atoms with Crippen molar-refractivity contribution in [3.05, 3.63) is 16.1 Å². The molecule has 0 radical (unpaired) electrons. The summed E-state index contributed by atoms with van der Waals surface area (Å²) in [6, 6.07) is 0.193. The SMILES string of the molecule is CCN(CC)C(C)c1nc(C(=O)O)cs1. The summed E-state index contributed by atoms with van der Waals surface area (Å²) in [5.41, 5.74) is 0.147. The number of nitrogens with zero attached hydrogens (tertiary/aromatic N) is 2. The molecule has 1 heterocycles. The quantitative estimate of drug-likeness (QED) is 0.839. The number of hydrogen-bond donors (Lipinski definition) is 1. The monoisotopic (exact) mass is 228 g/mol. The van der Waals surface area contributed by atoms with Gasteiger partial charge in [-0.2, -0.15) is 0 Å². The van der Waals surface area contributed by atoms with Crippen LogP contribution in [0.15, 0.2) is 5.38 Å². The first-order valence-electron chi connectivity index (χ1n) is 5.02. The molecule has 0 aromatic carbocycles. The molecule has 0 aliphatic rings. The van der Waals surface area contributed by atoms with Crippen LogP contribution in [0.4, 0.5) is 0 Å². The zero-order chi connectivity index (χ0) is 11.4. The Morgan fingerprint density at radius 2 is 2.20 bits per heavy atom. The topological polar surface area (TPSA) is 53.4 Å². The first kappa shape index (κ1) is 12.1. The van der Waals surface area contributed by atoms with Crippen LogP contribution in [0, 0.1) is 0 Å². The van der Waals surface area contributed by atoms with E-state index in [1.165, 1.54) is 11.3 Å². The fraction of sp³-hybridized carbons (Fsp3) is 0.600. The summed E-state index contributed by atoms with van der Waals surface area (Å²) in [5, 5.41) is 11.2. The van der Waals surface area contributed by atoms with Gasteiger partial charge in [-0.1, -0.05) is 13.8 Å². The third kappa shape index (κ3) is 2.76. The van der Waals surface area contributed by atoms with Crippen molar-refractivity contribution in [2.24, 2.45) is 0 Å². The summed E-state index contributed by atoms with van der Waals surface area (Å²) in [6.45, 7) is 8.12.